The summed E-state index contributed by atoms with van der Waals surface area (Å²) in [6.07, 6.45) is 0.571. The van der Waals surface area contributed by atoms with Crippen LogP contribution in [0.3, 0.4) is 0 Å². The van der Waals surface area contributed by atoms with Gasteiger partial charge in [-0.2, -0.15) is 0 Å². The molecule has 3 nitrogen and oxygen atoms in total. The van der Waals surface area contributed by atoms with Crippen LogP contribution in [0.2, 0.25) is 0 Å². The van der Waals surface area contributed by atoms with Gasteiger partial charge >= 0.3 is 0 Å². The van der Waals surface area contributed by atoms with Gasteiger partial charge in [0.1, 0.15) is 0 Å². The van der Waals surface area contributed by atoms with Crippen LogP contribution < -0.4 is 5.73 Å². The number of morpholine rings is 1. The van der Waals surface area contributed by atoms with E-state index in [4.69, 9.17) is 10.5 Å². The second kappa shape index (κ2) is 5.83. The van der Waals surface area contributed by atoms with Crippen LogP contribution in [0.5, 0.6) is 0 Å². The first-order valence-corrected chi connectivity index (χ1v) is 6.76. The van der Waals surface area contributed by atoms with E-state index in [2.05, 4.69) is 49.9 Å². The number of ether oxygens (including phenoxy) is 1. The molecule has 3 unspecified atom stereocenters. The highest BCUT2D eigenvalue weighted by Crippen LogP contribution is 2.24. The molecule has 1 heterocycles. The molecule has 0 spiro atoms. The molecule has 0 radical (unpaired) electrons. The zero-order valence-corrected chi connectivity index (χ0v) is 11.6. The summed E-state index contributed by atoms with van der Waals surface area (Å²) < 4.78 is 5.78. The van der Waals surface area contributed by atoms with Crippen LogP contribution in [0.4, 0.5) is 0 Å². The third-order valence-electron chi connectivity index (χ3n) is 3.57. The first kappa shape index (κ1) is 13.5. The van der Waals surface area contributed by atoms with Crippen molar-refractivity contribution < 1.29 is 4.74 Å². The Morgan fingerprint density at radius 2 is 1.78 bits per heavy atom. The van der Waals surface area contributed by atoms with Crippen molar-refractivity contribution in [3.8, 4) is 0 Å². The molecular weight excluding hydrogens is 224 g/mol. The Morgan fingerprint density at radius 3 is 2.28 bits per heavy atom. The summed E-state index contributed by atoms with van der Waals surface area (Å²) in [7, 11) is 0. The monoisotopic (exact) mass is 248 g/mol. The Bertz CT molecular complexity index is 367. The van der Waals surface area contributed by atoms with Crippen molar-refractivity contribution in [2.45, 2.75) is 39.0 Å². The molecule has 2 N–H and O–H groups in total. The molecule has 100 valence electrons. The molecule has 1 fully saturated rings. The number of nitrogens with zero attached hydrogens (tertiary/aromatic N) is 1. The molecule has 1 aliphatic rings. The zero-order chi connectivity index (χ0) is 13.1. The van der Waals surface area contributed by atoms with E-state index >= 15 is 0 Å². The maximum atomic E-state index is 5.98. The Morgan fingerprint density at radius 1 is 1.22 bits per heavy atom. The molecule has 2 rings (SSSR count). The molecule has 1 aliphatic heterocycles. The number of benzene rings is 1. The quantitative estimate of drug-likeness (QED) is 0.890. The number of nitrogens with two attached hydrogens (primary N) is 1. The van der Waals surface area contributed by atoms with Crippen molar-refractivity contribution in [3.05, 3.63) is 35.4 Å². The summed E-state index contributed by atoms with van der Waals surface area (Å²) in [4.78, 5) is 2.45. The Labute approximate surface area is 110 Å². The van der Waals surface area contributed by atoms with E-state index in [0.717, 1.165) is 13.1 Å². The molecule has 0 amide bonds. The van der Waals surface area contributed by atoms with E-state index in [9.17, 15) is 0 Å². The van der Waals surface area contributed by atoms with Gasteiger partial charge < -0.3 is 10.5 Å². The van der Waals surface area contributed by atoms with E-state index in [1.165, 1.54) is 11.1 Å². The highest BCUT2D eigenvalue weighted by atomic mass is 16.5. The van der Waals surface area contributed by atoms with E-state index in [1.807, 2.05) is 0 Å². The molecular formula is C15H24N2O. The van der Waals surface area contributed by atoms with Gasteiger partial charge in [0, 0.05) is 25.7 Å². The van der Waals surface area contributed by atoms with E-state index < -0.39 is 0 Å². The molecule has 3 heteroatoms. The molecule has 1 saturated heterocycles. The normalized spacial score (nSPS) is 27.1. The molecule has 0 aliphatic carbocycles. The number of aryl methyl sites for hydroxylation is 1. The van der Waals surface area contributed by atoms with Gasteiger partial charge in [0.25, 0.3) is 0 Å². The van der Waals surface area contributed by atoms with Crippen LogP contribution in [-0.2, 0) is 4.74 Å². The number of rotatable bonds is 3. The standard InChI is InChI=1S/C15H24N2O/c1-11-4-6-14(7-5-11)15(8-16)17-9-12(2)18-13(3)10-17/h4-7,12-13,15H,8-10,16H2,1-3H3. The maximum absolute atomic E-state index is 5.98. The number of hydrogen-bond acceptors (Lipinski definition) is 3. The minimum Gasteiger partial charge on any atom is -0.373 e. The van der Waals surface area contributed by atoms with E-state index in [0.29, 0.717) is 12.6 Å². The summed E-state index contributed by atoms with van der Waals surface area (Å²) >= 11 is 0. The van der Waals surface area contributed by atoms with Crippen LogP contribution in [0, 0.1) is 6.92 Å². The van der Waals surface area contributed by atoms with Crippen molar-refractivity contribution in [2.24, 2.45) is 5.73 Å². The van der Waals surface area contributed by atoms with Crippen molar-refractivity contribution in [1.82, 2.24) is 4.90 Å². The molecule has 1 aromatic rings. The lowest BCUT2D eigenvalue weighted by Crippen LogP contribution is -2.48. The Balaban J connectivity index is 2.14. The average molecular weight is 248 g/mol. The van der Waals surface area contributed by atoms with Gasteiger partial charge in [-0.3, -0.25) is 4.90 Å². The molecule has 3 atom stereocenters. The topological polar surface area (TPSA) is 38.5 Å². The lowest BCUT2D eigenvalue weighted by Gasteiger charge is -2.40. The van der Waals surface area contributed by atoms with Crippen molar-refractivity contribution in [2.75, 3.05) is 19.6 Å². The minimum atomic E-state index is 0.285. The summed E-state index contributed by atoms with van der Waals surface area (Å²) in [5.74, 6) is 0. The fourth-order valence-electron chi connectivity index (χ4n) is 2.76. The second-order valence-electron chi connectivity index (χ2n) is 5.37. The molecule has 18 heavy (non-hydrogen) atoms. The summed E-state index contributed by atoms with van der Waals surface area (Å²) in [5, 5.41) is 0. The summed E-state index contributed by atoms with van der Waals surface area (Å²) in [6, 6.07) is 9.01. The van der Waals surface area contributed by atoms with Crippen molar-refractivity contribution in [3.63, 3.8) is 0 Å². The van der Waals surface area contributed by atoms with Crippen molar-refractivity contribution >= 4 is 0 Å². The van der Waals surface area contributed by atoms with Gasteiger partial charge in [-0.25, -0.2) is 0 Å². The minimum absolute atomic E-state index is 0.285. The molecule has 0 bridgehead atoms. The van der Waals surface area contributed by atoms with Gasteiger partial charge in [-0.1, -0.05) is 29.8 Å². The lowest BCUT2D eigenvalue weighted by molar-refractivity contribution is -0.0799. The molecule has 0 saturated carbocycles. The largest absolute Gasteiger partial charge is 0.373 e. The fraction of sp³-hybridized carbons (Fsp3) is 0.600. The predicted octanol–water partition coefficient (Wildman–Crippen LogP) is 2.10. The highest BCUT2D eigenvalue weighted by molar-refractivity contribution is 5.24. The second-order valence-corrected chi connectivity index (χ2v) is 5.37. The van der Waals surface area contributed by atoms with Crippen LogP contribution in [0.15, 0.2) is 24.3 Å². The summed E-state index contributed by atoms with van der Waals surface area (Å²) in [5.41, 5.74) is 8.58. The molecule has 0 aromatic heterocycles. The van der Waals surface area contributed by atoms with Gasteiger partial charge in [0.15, 0.2) is 0 Å². The smallest absolute Gasteiger partial charge is 0.0678 e. The van der Waals surface area contributed by atoms with E-state index in [1.54, 1.807) is 0 Å². The maximum Gasteiger partial charge on any atom is 0.0678 e. The SMILES string of the molecule is Cc1ccc(C(CN)N2CC(C)OC(C)C2)cc1. The Hall–Kier alpha value is -0.900. The van der Waals surface area contributed by atoms with Crippen LogP contribution >= 0.6 is 0 Å². The summed E-state index contributed by atoms with van der Waals surface area (Å²) in [6.45, 7) is 8.94. The van der Waals surface area contributed by atoms with Gasteiger partial charge in [0.2, 0.25) is 0 Å². The lowest BCUT2D eigenvalue weighted by atomic mass is 10.0. The third kappa shape index (κ3) is 3.10. The Kier molecular flexibility index (Phi) is 4.38. The van der Waals surface area contributed by atoms with Crippen LogP contribution in [0.25, 0.3) is 0 Å². The van der Waals surface area contributed by atoms with Crippen molar-refractivity contribution in [1.29, 1.82) is 0 Å². The van der Waals surface area contributed by atoms with E-state index in [-0.39, 0.29) is 12.2 Å². The van der Waals surface area contributed by atoms with Gasteiger partial charge in [-0.15, -0.1) is 0 Å². The van der Waals surface area contributed by atoms with Gasteiger partial charge in [0.05, 0.1) is 12.2 Å². The number of hydrogen-bond donors (Lipinski definition) is 1. The van der Waals surface area contributed by atoms with Gasteiger partial charge in [-0.05, 0) is 26.3 Å². The highest BCUT2D eigenvalue weighted by Gasteiger charge is 2.27. The molecule has 1 aromatic carbocycles. The van der Waals surface area contributed by atoms with Crippen LogP contribution in [-0.4, -0.2) is 36.7 Å². The fourth-order valence-corrected chi connectivity index (χ4v) is 2.76. The third-order valence-corrected chi connectivity index (χ3v) is 3.57. The predicted molar refractivity (Wildman–Crippen MR) is 74.6 cm³/mol. The first-order chi connectivity index (χ1) is 8.60. The first-order valence-electron chi connectivity index (χ1n) is 6.76. The average Bonchev–Trinajstić information content (AvgIpc) is 2.31. The van der Waals surface area contributed by atoms with Crippen LogP contribution in [0.1, 0.15) is 31.0 Å². The zero-order valence-electron chi connectivity index (χ0n) is 11.6.